The SMILES string of the molecule is CC1(NC(=O)C2COc3ccccc3C2)CCCCC1C(=O)O. The number of carboxylic acids is 1. The molecule has 0 spiro atoms. The van der Waals surface area contributed by atoms with Crippen LogP contribution >= 0.6 is 0 Å². The molecule has 2 N–H and O–H groups in total. The number of para-hydroxylation sites is 1. The van der Waals surface area contributed by atoms with Gasteiger partial charge < -0.3 is 15.2 Å². The molecule has 1 aromatic carbocycles. The zero-order valence-electron chi connectivity index (χ0n) is 13.4. The van der Waals surface area contributed by atoms with Crippen LogP contribution in [0.3, 0.4) is 0 Å². The summed E-state index contributed by atoms with van der Waals surface area (Å²) in [6.45, 7) is 2.21. The van der Waals surface area contributed by atoms with Gasteiger partial charge in [0, 0.05) is 0 Å². The third-order valence-electron chi connectivity index (χ3n) is 5.16. The van der Waals surface area contributed by atoms with E-state index in [4.69, 9.17) is 4.74 Å². The Labute approximate surface area is 136 Å². The minimum atomic E-state index is -0.822. The van der Waals surface area contributed by atoms with Gasteiger partial charge in [0.1, 0.15) is 12.4 Å². The first kappa shape index (κ1) is 15.8. The van der Waals surface area contributed by atoms with Gasteiger partial charge >= 0.3 is 5.97 Å². The summed E-state index contributed by atoms with van der Waals surface area (Å²) < 4.78 is 5.68. The van der Waals surface area contributed by atoms with E-state index in [1.54, 1.807) is 0 Å². The van der Waals surface area contributed by atoms with E-state index in [-0.39, 0.29) is 11.8 Å². The van der Waals surface area contributed by atoms with Crippen molar-refractivity contribution in [3.8, 4) is 5.75 Å². The Kier molecular flexibility index (Phi) is 4.28. The Morgan fingerprint density at radius 1 is 1.30 bits per heavy atom. The molecule has 0 bridgehead atoms. The van der Waals surface area contributed by atoms with Gasteiger partial charge in [-0.1, -0.05) is 31.0 Å². The highest BCUT2D eigenvalue weighted by Gasteiger charge is 2.43. The molecule has 3 unspecified atom stereocenters. The molecule has 0 saturated heterocycles. The molecule has 5 heteroatoms. The molecule has 1 aliphatic carbocycles. The third kappa shape index (κ3) is 3.19. The summed E-state index contributed by atoms with van der Waals surface area (Å²) in [6.07, 6.45) is 3.82. The number of benzene rings is 1. The second kappa shape index (κ2) is 6.22. The van der Waals surface area contributed by atoms with Crippen LogP contribution < -0.4 is 10.1 Å². The van der Waals surface area contributed by atoms with Gasteiger partial charge in [-0.2, -0.15) is 0 Å². The van der Waals surface area contributed by atoms with E-state index in [1.165, 1.54) is 0 Å². The van der Waals surface area contributed by atoms with Crippen molar-refractivity contribution in [3.05, 3.63) is 29.8 Å². The molecule has 3 rings (SSSR count). The lowest BCUT2D eigenvalue weighted by molar-refractivity contribution is -0.147. The highest BCUT2D eigenvalue weighted by Crippen LogP contribution is 2.35. The summed E-state index contributed by atoms with van der Waals surface area (Å²) in [5.74, 6) is -0.869. The van der Waals surface area contributed by atoms with Crippen molar-refractivity contribution in [3.63, 3.8) is 0 Å². The molecule has 3 atom stereocenters. The fraction of sp³-hybridized carbons (Fsp3) is 0.556. The normalized spacial score (nSPS) is 30.0. The molecule has 2 aliphatic rings. The molecule has 0 radical (unpaired) electrons. The number of carbonyl (C=O) groups excluding carboxylic acids is 1. The maximum absolute atomic E-state index is 12.7. The topological polar surface area (TPSA) is 75.6 Å². The van der Waals surface area contributed by atoms with Gasteiger partial charge in [-0.15, -0.1) is 0 Å². The minimum absolute atomic E-state index is 0.102. The van der Waals surface area contributed by atoms with Crippen molar-refractivity contribution in [2.24, 2.45) is 11.8 Å². The highest BCUT2D eigenvalue weighted by molar-refractivity contribution is 5.82. The van der Waals surface area contributed by atoms with Crippen LogP contribution in [0.4, 0.5) is 0 Å². The molecular formula is C18H23NO4. The predicted molar refractivity (Wildman–Crippen MR) is 85.3 cm³/mol. The Balaban J connectivity index is 1.70. The van der Waals surface area contributed by atoms with E-state index >= 15 is 0 Å². The van der Waals surface area contributed by atoms with Crippen LogP contribution in [0, 0.1) is 11.8 Å². The molecule has 1 aromatic rings. The molecular weight excluding hydrogens is 294 g/mol. The smallest absolute Gasteiger partial charge is 0.308 e. The maximum Gasteiger partial charge on any atom is 0.308 e. The first-order valence-electron chi connectivity index (χ1n) is 8.25. The quantitative estimate of drug-likeness (QED) is 0.897. The second-order valence-electron chi connectivity index (χ2n) is 6.86. The summed E-state index contributed by atoms with van der Waals surface area (Å²) in [5.41, 5.74) is 0.362. The zero-order chi connectivity index (χ0) is 16.4. The van der Waals surface area contributed by atoms with Gasteiger partial charge in [-0.3, -0.25) is 9.59 Å². The first-order valence-corrected chi connectivity index (χ1v) is 8.25. The number of amides is 1. The van der Waals surface area contributed by atoms with E-state index in [1.807, 2.05) is 31.2 Å². The van der Waals surface area contributed by atoms with Crippen LogP contribution in [0.15, 0.2) is 24.3 Å². The molecule has 124 valence electrons. The van der Waals surface area contributed by atoms with Gasteiger partial charge in [0.05, 0.1) is 17.4 Å². The third-order valence-corrected chi connectivity index (χ3v) is 5.16. The molecule has 0 aromatic heterocycles. The van der Waals surface area contributed by atoms with Crippen LogP contribution in [0.25, 0.3) is 0 Å². The molecule has 1 saturated carbocycles. The lowest BCUT2D eigenvalue weighted by atomic mass is 9.73. The summed E-state index contributed by atoms with van der Waals surface area (Å²) in [5, 5.41) is 12.5. The van der Waals surface area contributed by atoms with E-state index in [9.17, 15) is 14.7 Å². The van der Waals surface area contributed by atoms with Crippen LogP contribution in [-0.4, -0.2) is 29.1 Å². The lowest BCUT2D eigenvalue weighted by Gasteiger charge is -2.41. The highest BCUT2D eigenvalue weighted by atomic mass is 16.5. The Morgan fingerprint density at radius 2 is 2.09 bits per heavy atom. The number of carboxylic acid groups (broad SMARTS) is 1. The maximum atomic E-state index is 12.7. The van der Waals surface area contributed by atoms with Crippen molar-refractivity contribution >= 4 is 11.9 Å². The van der Waals surface area contributed by atoms with Gasteiger partial charge in [-0.25, -0.2) is 0 Å². The molecule has 1 fully saturated rings. The largest absolute Gasteiger partial charge is 0.492 e. The van der Waals surface area contributed by atoms with Gasteiger partial charge in [0.25, 0.3) is 0 Å². The number of hydrogen-bond acceptors (Lipinski definition) is 3. The molecule has 5 nitrogen and oxygen atoms in total. The fourth-order valence-electron chi connectivity index (χ4n) is 3.76. The van der Waals surface area contributed by atoms with Gasteiger partial charge in [0.15, 0.2) is 0 Å². The van der Waals surface area contributed by atoms with Crippen LogP contribution in [0.5, 0.6) is 5.75 Å². The number of fused-ring (bicyclic) bond motifs is 1. The van der Waals surface area contributed by atoms with Gasteiger partial charge in [0.2, 0.25) is 5.91 Å². The van der Waals surface area contributed by atoms with E-state index in [2.05, 4.69) is 5.32 Å². The Hall–Kier alpha value is -2.04. The lowest BCUT2D eigenvalue weighted by Crippen LogP contribution is -2.57. The second-order valence-corrected chi connectivity index (χ2v) is 6.86. The van der Waals surface area contributed by atoms with Crippen LogP contribution in [-0.2, 0) is 16.0 Å². The number of aliphatic carboxylic acids is 1. The standard InChI is InChI=1S/C18H23NO4/c1-18(9-5-4-7-14(18)17(21)22)19-16(20)13-10-12-6-2-3-8-15(12)23-11-13/h2-3,6,8,13-14H,4-5,7,9-11H2,1H3,(H,19,20)(H,21,22). The Morgan fingerprint density at radius 3 is 2.87 bits per heavy atom. The number of rotatable bonds is 3. The van der Waals surface area contributed by atoms with E-state index in [0.717, 1.165) is 24.2 Å². The summed E-state index contributed by atoms with van der Waals surface area (Å²) in [4.78, 5) is 24.2. The minimum Gasteiger partial charge on any atom is -0.492 e. The molecule has 1 heterocycles. The van der Waals surface area contributed by atoms with Crippen molar-refractivity contribution in [1.82, 2.24) is 5.32 Å². The van der Waals surface area contributed by atoms with Crippen LogP contribution in [0.1, 0.15) is 38.2 Å². The summed E-state index contributed by atoms with van der Waals surface area (Å²) >= 11 is 0. The summed E-state index contributed by atoms with van der Waals surface area (Å²) in [7, 11) is 0. The van der Waals surface area contributed by atoms with Crippen molar-refractivity contribution in [1.29, 1.82) is 0 Å². The molecule has 23 heavy (non-hydrogen) atoms. The van der Waals surface area contributed by atoms with Gasteiger partial charge in [-0.05, 0) is 37.8 Å². The first-order chi connectivity index (χ1) is 11.0. The average molecular weight is 317 g/mol. The van der Waals surface area contributed by atoms with Crippen LogP contribution in [0.2, 0.25) is 0 Å². The zero-order valence-corrected chi connectivity index (χ0v) is 13.4. The monoisotopic (exact) mass is 317 g/mol. The van der Waals surface area contributed by atoms with E-state index in [0.29, 0.717) is 25.9 Å². The average Bonchev–Trinajstić information content (AvgIpc) is 2.54. The number of carbonyl (C=O) groups is 2. The fourth-order valence-corrected chi connectivity index (χ4v) is 3.76. The Bertz CT molecular complexity index is 615. The van der Waals surface area contributed by atoms with Crippen molar-refractivity contribution in [2.75, 3.05) is 6.61 Å². The number of ether oxygens (including phenoxy) is 1. The number of hydrogen-bond donors (Lipinski definition) is 2. The number of nitrogens with one attached hydrogen (secondary N) is 1. The molecule has 1 amide bonds. The molecule has 1 aliphatic heterocycles. The summed E-state index contributed by atoms with van der Waals surface area (Å²) in [6, 6.07) is 7.73. The predicted octanol–water partition coefficient (Wildman–Crippen LogP) is 2.39. The van der Waals surface area contributed by atoms with Crippen molar-refractivity contribution in [2.45, 2.75) is 44.6 Å². The van der Waals surface area contributed by atoms with Crippen molar-refractivity contribution < 1.29 is 19.4 Å². The van der Waals surface area contributed by atoms with E-state index < -0.39 is 17.4 Å².